The molecule has 3 rings (SSSR count). The van der Waals surface area contributed by atoms with Crippen molar-refractivity contribution in [2.24, 2.45) is 0 Å². The molecule has 0 bridgehead atoms. The van der Waals surface area contributed by atoms with Crippen LogP contribution in [0.5, 0.6) is 0 Å². The van der Waals surface area contributed by atoms with Crippen LogP contribution in [0.25, 0.3) is 0 Å². The highest BCUT2D eigenvalue weighted by molar-refractivity contribution is 5.68. The van der Waals surface area contributed by atoms with E-state index in [0.717, 1.165) is 69.4 Å². The number of carbonyl (C=O) groups is 1. The molecule has 7 heteroatoms. The largest absolute Gasteiger partial charge is 0.469 e. The van der Waals surface area contributed by atoms with Gasteiger partial charge in [-0.2, -0.15) is 0 Å². The lowest BCUT2D eigenvalue weighted by Crippen LogP contribution is -2.53. The van der Waals surface area contributed by atoms with Crippen LogP contribution in [0.4, 0.5) is 11.4 Å². The summed E-state index contributed by atoms with van der Waals surface area (Å²) in [6.07, 6.45) is 8.01. The number of nitrogens with zero attached hydrogens (tertiary/aromatic N) is 3. The van der Waals surface area contributed by atoms with Gasteiger partial charge in [-0.3, -0.25) is 14.9 Å². The van der Waals surface area contributed by atoms with Crippen LogP contribution in [0.1, 0.15) is 57.8 Å². The summed E-state index contributed by atoms with van der Waals surface area (Å²) >= 11 is 0. The van der Waals surface area contributed by atoms with Gasteiger partial charge in [0.25, 0.3) is 5.54 Å². The second-order valence-corrected chi connectivity index (χ2v) is 9.55. The molecule has 1 heterocycles. The van der Waals surface area contributed by atoms with Crippen LogP contribution >= 0.6 is 0 Å². The fourth-order valence-corrected chi connectivity index (χ4v) is 4.95. The fraction of sp³-hybridized carbons (Fsp3) is 0.536. The summed E-state index contributed by atoms with van der Waals surface area (Å²) in [5.41, 5.74) is 1.06. The van der Waals surface area contributed by atoms with Crippen LogP contribution in [-0.4, -0.2) is 49.7 Å². The molecule has 0 N–H and O–H groups in total. The van der Waals surface area contributed by atoms with E-state index in [1.54, 1.807) is 0 Å². The Balaban J connectivity index is 1.61. The van der Waals surface area contributed by atoms with E-state index in [0.29, 0.717) is 25.9 Å². The lowest BCUT2D eigenvalue weighted by Gasteiger charge is -2.32. The topological polar surface area (TPSA) is 75.9 Å². The molecular formula is C28H39N3O4. The first kappa shape index (κ1) is 26.5. The van der Waals surface area contributed by atoms with Crippen molar-refractivity contribution in [1.29, 1.82) is 0 Å². The van der Waals surface area contributed by atoms with Crippen molar-refractivity contribution < 1.29 is 14.5 Å². The van der Waals surface area contributed by atoms with Gasteiger partial charge in [0.1, 0.15) is 0 Å². The summed E-state index contributed by atoms with van der Waals surface area (Å²) in [6.45, 7) is 2.34. The molecule has 0 amide bonds. The van der Waals surface area contributed by atoms with Gasteiger partial charge in [-0.15, -0.1) is 0 Å². The molecule has 0 atom stereocenters. The van der Waals surface area contributed by atoms with Crippen LogP contribution in [0.15, 0.2) is 60.7 Å². The van der Waals surface area contributed by atoms with Crippen LogP contribution < -0.4 is 9.80 Å². The van der Waals surface area contributed by atoms with Crippen molar-refractivity contribution in [3.8, 4) is 0 Å². The number of anilines is 2. The number of nitro groups is 1. The van der Waals surface area contributed by atoms with E-state index in [-0.39, 0.29) is 10.9 Å². The third-order valence-corrected chi connectivity index (χ3v) is 6.99. The molecule has 0 unspecified atom stereocenters. The first-order valence-electron chi connectivity index (χ1n) is 12.9. The molecule has 0 aromatic heterocycles. The van der Waals surface area contributed by atoms with Crippen molar-refractivity contribution in [3.63, 3.8) is 0 Å². The van der Waals surface area contributed by atoms with E-state index >= 15 is 0 Å². The molecule has 190 valence electrons. The highest BCUT2D eigenvalue weighted by atomic mass is 16.6. The number of methoxy groups -OCH3 is 1. The lowest BCUT2D eigenvalue weighted by molar-refractivity contribution is -0.564. The maximum Gasteiger partial charge on any atom is 0.305 e. The van der Waals surface area contributed by atoms with Crippen LogP contribution in [0.3, 0.4) is 0 Å². The molecule has 0 aliphatic carbocycles. The first-order chi connectivity index (χ1) is 17.0. The quantitative estimate of drug-likeness (QED) is 0.158. The van der Waals surface area contributed by atoms with Gasteiger partial charge in [-0.25, -0.2) is 0 Å². The second kappa shape index (κ2) is 13.7. The van der Waals surface area contributed by atoms with Crippen molar-refractivity contribution in [1.82, 2.24) is 0 Å². The summed E-state index contributed by atoms with van der Waals surface area (Å²) in [4.78, 5) is 28.2. The number of carbonyl (C=O) groups excluding carboxylic acids is 1. The Morgan fingerprint density at radius 2 is 1.29 bits per heavy atom. The predicted octanol–water partition coefficient (Wildman–Crippen LogP) is 5.71. The van der Waals surface area contributed by atoms with Crippen molar-refractivity contribution in [2.45, 2.75) is 63.3 Å². The number of esters is 1. The normalized spacial score (nSPS) is 15.5. The number of rotatable bonds is 13. The van der Waals surface area contributed by atoms with Gasteiger partial charge in [0.2, 0.25) is 0 Å². The second-order valence-electron chi connectivity index (χ2n) is 9.55. The molecule has 1 aliphatic rings. The van der Waals surface area contributed by atoms with E-state index in [1.165, 1.54) is 7.11 Å². The number of hydrogen-bond acceptors (Lipinski definition) is 6. The Hall–Kier alpha value is -3.09. The Labute approximate surface area is 209 Å². The third kappa shape index (κ3) is 7.98. The maximum atomic E-state index is 12.6. The SMILES string of the molecule is COC(=O)CCCCCCCCCC1([N+](=O)[O-])CN(c2ccccc2)CCN(c2ccccc2)C1. The number of para-hydroxylation sites is 2. The molecule has 7 nitrogen and oxygen atoms in total. The molecular weight excluding hydrogens is 442 g/mol. The third-order valence-electron chi connectivity index (χ3n) is 6.99. The van der Waals surface area contributed by atoms with Gasteiger partial charge < -0.3 is 14.5 Å². The first-order valence-corrected chi connectivity index (χ1v) is 12.9. The van der Waals surface area contributed by atoms with Crippen LogP contribution in [0.2, 0.25) is 0 Å². The van der Waals surface area contributed by atoms with Gasteiger partial charge in [-0.05, 0) is 37.1 Å². The summed E-state index contributed by atoms with van der Waals surface area (Å²) in [7, 11) is 1.42. The molecule has 1 saturated heterocycles. The van der Waals surface area contributed by atoms with E-state index in [4.69, 9.17) is 0 Å². The number of benzene rings is 2. The van der Waals surface area contributed by atoms with Gasteiger partial charge in [-0.1, -0.05) is 68.5 Å². The molecule has 2 aromatic rings. The Morgan fingerprint density at radius 1 is 0.829 bits per heavy atom. The summed E-state index contributed by atoms with van der Waals surface area (Å²) in [5.74, 6) is -0.146. The molecule has 1 aliphatic heterocycles. The Bertz CT molecular complexity index is 857. The van der Waals surface area contributed by atoms with Crippen molar-refractivity contribution >= 4 is 17.3 Å². The summed E-state index contributed by atoms with van der Waals surface area (Å²) in [6, 6.07) is 20.1. The molecule has 2 aromatic carbocycles. The van der Waals surface area contributed by atoms with E-state index < -0.39 is 5.54 Å². The average Bonchev–Trinajstić information content (AvgIpc) is 3.10. The van der Waals surface area contributed by atoms with E-state index in [2.05, 4.69) is 14.5 Å². The maximum absolute atomic E-state index is 12.6. The van der Waals surface area contributed by atoms with Crippen LogP contribution in [0, 0.1) is 10.1 Å². The van der Waals surface area contributed by atoms with Gasteiger partial charge >= 0.3 is 5.97 Å². The van der Waals surface area contributed by atoms with Crippen LogP contribution in [-0.2, 0) is 9.53 Å². The highest BCUT2D eigenvalue weighted by Crippen LogP contribution is 2.30. The van der Waals surface area contributed by atoms with Crippen molar-refractivity contribution in [3.05, 3.63) is 70.8 Å². The zero-order chi connectivity index (χ0) is 24.9. The predicted molar refractivity (Wildman–Crippen MR) is 141 cm³/mol. The lowest BCUT2D eigenvalue weighted by atomic mass is 9.91. The van der Waals surface area contributed by atoms with Gasteiger partial charge in [0.05, 0.1) is 20.2 Å². The zero-order valence-corrected chi connectivity index (χ0v) is 20.9. The molecule has 0 spiro atoms. The standard InChI is InChI=1S/C28H39N3O4/c1-35-27(32)19-13-5-3-2-4-6-14-20-28(31(33)34)23-29(25-15-9-7-10-16-25)21-22-30(24-28)26-17-11-8-12-18-26/h7-12,15-18H,2-6,13-14,19-24H2,1H3. The van der Waals surface area contributed by atoms with Gasteiger partial charge in [0.15, 0.2) is 0 Å². The minimum atomic E-state index is -1.03. The smallest absolute Gasteiger partial charge is 0.305 e. The Morgan fingerprint density at radius 3 is 1.74 bits per heavy atom. The fourth-order valence-electron chi connectivity index (χ4n) is 4.95. The minimum Gasteiger partial charge on any atom is -0.469 e. The molecule has 0 radical (unpaired) electrons. The Kier molecular flexibility index (Phi) is 10.4. The van der Waals surface area contributed by atoms with E-state index in [9.17, 15) is 14.9 Å². The van der Waals surface area contributed by atoms with Crippen molar-refractivity contribution in [2.75, 3.05) is 43.1 Å². The summed E-state index contributed by atoms with van der Waals surface area (Å²) < 4.78 is 4.68. The number of ether oxygens (including phenoxy) is 1. The summed E-state index contributed by atoms with van der Waals surface area (Å²) in [5, 5.41) is 12.6. The average molecular weight is 482 g/mol. The zero-order valence-electron chi connectivity index (χ0n) is 20.9. The van der Waals surface area contributed by atoms with Gasteiger partial charge in [0, 0.05) is 42.2 Å². The minimum absolute atomic E-state index is 0.0169. The highest BCUT2D eigenvalue weighted by Gasteiger charge is 2.47. The molecule has 0 saturated carbocycles. The molecule has 35 heavy (non-hydrogen) atoms. The van der Waals surface area contributed by atoms with E-state index in [1.807, 2.05) is 60.7 Å². The number of hydrogen-bond donors (Lipinski definition) is 0. The molecule has 1 fully saturated rings. The monoisotopic (exact) mass is 481 g/mol. The number of unbranched alkanes of at least 4 members (excludes halogenated alkanes) is 6.